The highest BCUT2D eigenvalue weighted by Gasteiger charge is 2.42. The van der Waals surface area contributed by atoms with Crippen molar-refractivity contribution >= 4 is 0 Å². The summed E-state index contributed by atoms with van der Waals surface area (Å²) < 4.78 is 22.4. The second kappa shape index (κ2) is 5.30. The normalized spacial score (nSPS) is 28.8. The third-order valence-electron chi connectivity index (χ3n) is 5.85. The first-order chi connectivity index (χ1) is 12.1. The number of hydrogen-bond acceptors (Lipinski definition) is 5. The maximum absolute atomic E-state index is 10.8. The Morgan fingerprint density at radius 2 is 1.56 bits per heavy atom. The fourth-order valence-electron chi connectivity index (χ4n) is 4.30. The summed E-state index contributed by atoms with van der Waals surface area (Å²) in [5, 5.41) is 10.8. The summed E-state index contributed by atoms with van der Waals surface area (Å²) in [6.45, 7) is 4.76. The number of fused-ring (bicyclic) bond motifs is 4. The van der Waals surface area contributed by atoms with Gasteiger partial charge in [0.05, 0.1) is 6.10 Å². The summed E-state index contributed by atoms with van der Waals surface area (Å²) in [6, 6.07) is 9.95. The van der Waals surface area contributed by atoms with E-state index in [1.807, 2.05) is 24.3 Å². The first-order valence-electron chi connectivity index (χ1n) is 8.65. The molecule has 5 nitrogen and oxygen atoms in total. The van der Waals surface area contributed by atoms with Crippen molar-refractivity contribution in [3.8, 4) is 23.0 Å². The molecule has 0 saturated heterocycles. The minimum atomic E-state index is -0.509. The van der Waals surface area contributed by atoms with E-state index < -0.39 is 6.10 Å². The third-order valence-corrected chi connectivity index (χ3v) is 5.85. The molecule has 3 aliphatic rings. The van der Waals surface area contributed by atoms with Crippen molar-refractivity contribution < 1.29 is 24.1 Å². The van der Waals surface area contributed by atoms with E-state index in [0.29, 0.717) is 0 Å². The molecule has 4 unspecified atom stereocenters. The average Bonchev–Trinajstić information content (AvgIpc) is 3.28. The Balaban J connectivity index is 1.71. The molecule has 2 heterocycles. The van der Waals surface area contributed by atoms with Crippen LogP contribution in [0.25, 0.3) is 0 Å². The number of ether oxygens (including phenoxy) is 4. The molecule has 5 heteroatoms. The minimum Gasteiger partial charge on any atom is -0.454 e. The maximum atomic E-state index is 10.8. The Morgan fingerprint density at radius 3 is 2.44 bits per heavy atom. The molecule has 0 radical (unpaired) electrons. The zero-order chi connectivity index (χ0) is 17.1. The Kier molecular flexibility index (Phi) is 3.16. The Morgan fingerprint density at radius 1 is 0.840 bits per heavy atom. The van der Waals surface area contributed by atoms with Crippen LogP contribution in [0.4, 0.5) is 0 Å². The second-order valence-corrected chi connectivity index (χ2v) is 7.06. The molecule has 2 aromatic carbocycles. The van der Waals surface area contributed by atoms with Gasteiger partial charge in [0.1, 0.15) is 0 Å². The predicted molar refractivity (Wildman–Crippen MR) is 90.3 cm³/mol. The molecule has 4 atom stereocenters. The van der Waals surface area contributed by atoms with Crippen molar-refractivity contribution in [2.45, 2.75) is 25.9 Å². The van der Waals surface area contributed by atoms with Gasteiger partial charge in [-0.25, -0.2) is 0 Å². The monoisotopic (exact) mass is 340 g/mol. The third kappa shape index (κ3) is 2.05. The molecule has 0 saturated carbocycles. The molecular weight excluding hydrogens is 320 g/mol. The lowest BCUT2D eigenvalue weighted by molar-refractivity contribution is 0.0677. The largest absolute Gasteiger partial charge is 0.454 e. The molecule has 5 rings (SSSR count). The van der Waals surface area contributed by atoms with Gasteiger partial charge in [0.25, 0.3) is 0 Å². The summed E-state index contributed by atoms with van der Waals surface area (Å²) >= 11 is 0. The summed E-state index contributed by atoms with van der Waals surface area (Å²) in [5.41, 5.74) is 3.10. The van der Waals surface area contributed by atoms with Crippen molar-refractivity contribution in [2.24, 2.45) is 11.8 Å². The zero-order valence-electron chi connectivity index (χ0n) is 14.2. The van der Waals surface area contributed by atoms with Gasteiger partial charge in [0, 0.05) is 11.5 Å². The van der Waals surface area contributed by atoms with E-state index in [1.165, 1.54) is 0 Å². The summed E-state index contributed by atoms with van der Waals surface area (Å²) in [4.78, 5) is 0. The van der Waals surface area contributed by atoms with Gasteiger partial charge in [0.15, 0.2) is 23.0 Å². The molecule has 0 amide bonds. The van der Waals surface area contributed by atoms with E-state index in [9.17, 15) is 5.11 Å². The number of aliphatic hydroxyl groups excluding tert-OH is 1. The lowest BCUT2D eigenvalue weighted by Crippen LogP contribution is -2.30. The van der Waals surface area contributed by atoms with Gasteiger partial charge in [-0.1, -0.05) is 26.0 Å². The van der Waals surface area contributed by atoms with Gasteiger partial charge in [-0.3, -0.25) is 0 Å². The van der Waals surface area contributed by atoms with E-state index in [-0.39, 0.29) is 31.3 Å². The van der Waals surface area contributed by atoms with Crippen LogP contribution in [0, 0.1) is 11.8 Å². The minimum absolute atomic E-state index is 0.0968. The molecule has 0 fully saturated rings. The van der Waals surface area contributed by atoms with Gasteiger partial charge < -0.3 is 24.1 Å². The van der Waals surface area contributed by atoms with Crippen LogP contribution in [-0.2, 0) is 0 Å². The van der Waals surface area contributed by atoms with Crippen LogP contribution in [0.15, 0.2) is 30.3 Å². The van der Waals surface area contributed by atoms with Crippen LogP contribution in [0.3, 0.4) is 0 Å². The van der Waals surface area contributed by atoms with Crippen LogP contribution < -0.4 is 18.9 Å². The quantitative estimate of drug-likeness (QED) is 0.860. The van der Waals surface area contributed by atoms with Gasteiger partial charge in [0.2, 0.25) is 13.6 Å². The SMILES string of the molecule is CC1C(O)c2ccc3c(c2C(c2ccc4c(c2)OCO4)C1C)OCO3. The van der Waals surface area contributed by atoms with Crippen molar-refractivity contribution in [1.29, 1.82) is 0 Å². The Labute approximate surface area is 146 Å². The molecule has 25 heavy (non-hydrogen) atoms. The van der Waals surface area contributed by atoms with Crippen LogP contribution in [-0.4, -0.2) is 18.7 Å². The number of rotatable bonds is 1. The molecule has 2 aromatic rings. The standard InChI is InChI=1S/C20H20O5/c1-10-11(2)19(21)13-4-6-15-20(25-9-23-15)18(13)17(10)12-3-5-14-16(7-12)24-8-22-14/h3-7,10-11,17,19,21H,8-9H2,1-2H3. The van der Waals surface area contributed by atoms with Gasteiger partial charge >= 0.3 is 0 Å². The topological polar surface area (TPSA) is 57.2 Å². The van der Waals surface area contributed by atoms with Gasteiger partial charge in [-0.15, -0.1) is 0 Å². The van der Waals surface area contributed by atoms with Crippen LogP contribution in [0.1, 0.15) is 42.6 Å². The Bertz CT molecular complexity index is 846. The molecule has 0 bridgehead atoms. The fraction of sp³-hybridized carbons (Fsp3) is 0.400. The van der Waals surface area contributed by atoms with E-state index >= 15 is 0 Å². The summed E-state index contributed by atoms with van der Waals surface area (Å²) in [6.07, 6.45) is -0.509. The highest BCUT2D eigenvalue weighted by Crippen LogP contribution is 2.55. The molecule has 0 spiro atoms. The first kappa shape index (κ1) is 14.9. The van der Waals surface area contributed by atoms with Crippen molar-refractivity contribution in [2.75, 3.05) is 13.6 Å². The van der Waals surface area contributed by atoms with Crippen LogP contribution in [0.5, 0.6) is 23.0 Å². The predicted octanol–water partition coefficient (Wildman–Crippen LogP) is 3.60. The van der Waals surface area contributed by atoms with E-state index in [1.54, 1.807) is 0 Å². The number of benzene rings is 2. The zero-order valence-corrected chi connectivity index (χ0v) is 14.2. The van der Waals surface area contributed by atoms with E-state index in [4.69, 9.17) is 18.9 Å². The maximum Gasteiger partial charge on any atom is 0.231 e. The van der Waals surface area contributed by atoms with Crippen LogP contribution in [0.2, 0.25) is 0 Å². The summed E-state index contributed by atoms with van der Waals surface area (Å²) in [7, 11) is 0. The fourth-order valence-corrected chi connectivity index (χ4v) is 4.30. The Hall–Kier alpha value is -2.40. The highest BCUT2D eigenvalue weighted by molar-refractivity contribution is 5.59. The molecular formula is C20H20O5. The lowest BCUT2D eigenvalue weighted by atomic mass is 9.66. The van der Waals surface area contributed by atoms with Crippen molar-refractivity contribution in [3.05, 3.63) is 47.0 Å². The van der Waals surface area contributed by atoms with E-state index in [2.05, 4.69) is 19.9 Å². The highest BCUT2D eigenvalue weighted by atomic mass is 16.7. The first-order valence-corrected chi connectivity index (χ1v) is 8.65. The number of aliphatic hydroxyl groups is 1. The molecule has 0 aromatic heterocycles. The summed E-state index contributed by atoms with van der Waals surface area (Å²) in [5.74, 6) is 3.52. The lowest BCUT2D eigenvalue weighted by Gasteiger charge is -2.40. The molecule has 130 valence electrons. The molecule has 2 aliphatic heterocycles. The van der Waals surface area contributed by atoms with Crippen LogP contribution >= 0.6 is 0 Å². The molecule has 1 aliphatic carbocycles. The van der Waals surface area contributed by atoms with Gasteiger partial charge in [-0.05, 0) is 41.2 Å². The van der Waals surface area contributed by atoms with Crippen molar-refractivity contribution in [3.63, 3.8) is 0 Å². The smallest absolute Gasteiger partial charge is 0.231 e. The van der Waals surface area contributed by atoms with Crippen molar-refractivity contribution in [1.82, 2.24) is 0 Å². The average molecular weight is 340 g/mol. The van der Waals surface area contributed by atoms with E-state index in [0.717, 1.165) is 39.7 Å². The number of hydrogen-bond donors (Lipinski definition) is 1. The molecule has 1 N–H and O–H groups in total. The van der Waals surface area contributed by atoms with Gasteiger partial charge in [-0.2, -0.15) is 0 Å². The second-order valence-electron chi connectivity index (χ2n) is 7.06.